The minimum absolute atomic E-state index is 0.0379. The van der Waals surface area contributed by atoms with E-state index in [2.05, 4.69) is 58.5 Å². The largest absolute Gasteiger partial charge is 0.346 e. The molecule has 0 radical (unpaired) electrons. The summed E-state index contributed by atoms with van der Waals surface area (Å²) in [4.78, 5) is 24.0. The highest BCUT2D eigenvalue weighted by molar-refractivity contribution is 5.92. The number of aromatic nitrogens is 3. The SMILES string of the molecule is CC(C)(C)c1ccc(NC(=O)Cc2ccc(Nc3ncnc4[nH]ccc34)cc2)cc1. The van der Waals surface area contributed by atoms with Crippen LogP contribution in [0.25, 0.3) is 11.0 Å². The van der Waals surface area contributed by atoms with Crippen LogP contribution >= 0.6 is 0 Å². The van der Waals surface area contributed by atoms with Gasteiger partial charge in [0.25, 0.3) is 0 Å². The average molecular weight is 399 g/mol. The lowest BCUT2D eigenvalue weighted by atomic mass is 9.87. The molecule has 0 aliphatic carbocycles. The van der Waals surface area contributed by atoms with Crippen molar-refractivity contribution in [1.82, 2.24) is 15.0 Å². The number of hydrogen-bond acceptors (Lipinski definition) is 4. The Morgan fingerprint density at radius 1 is 0.933 bits per heavy atom. The van der Waals surface area contributed by atoms with E-state index in [-0.39, 0.29) is 11.3 Å². The second-order valence-corrected chi connectivity index (χ2v) is 8.34. The fourth-order valence-electron chi connectivity index (χ4n) is 3.26. The number of anilines is 3. The lowest BCUT2D eigenvalue weighted by Crippen LogP contribution is -2.15. The van der Waals surface area contributed by atoms with Gasteiger partial charge in [0.05, 0.1) is 11.8 Å². The minimum Gasteiger partial charge on any atom is -0.346 e. The van der Waals surface area contributed by atoms with Crippen molar-refractivity contribution in [3.8, 4) is 0 Å². The molecule has 0 atom stereocenters. The summed E-state index contributed by atoms with van der Waals surface area (Å²) in [6.45, 7) is 6.51. The molecule has 4 aromatic rings. The highest BCUT2D eigenvalue weighted by Gasteiger charge is 2.13. The molecule has 0 aliphatic rings. The van der Waals surface area contributed by atoms with Crippen LogP contribution < -0.4 is 10.6 Å². The molecule has 4 rings (SSSR count). The molecule has 6 heteroatoms. The van der Waals surface area contributed by atoms with Crippen molar-refractivity contribution in [2.45, 2.75) is 32.6 Å². The zero-order chi connectivity index (χ0) is 21.1. The number of fused-ring (bicyclic) bond motifs is 1. The Bertz CT molecular complexity index is 1150. The van der Waals surface area contributed by atoms with Gasteiger partial charge in [-0.3, -0.25) is 4.79 Å². The summed E-state index contributed by atoms with van der Waals surface area (Å²) < 4.78 is 0. The van der Waals surface area contributed by atoms with Gasteiger partial charge in [-0.15, -0.1) is 0 Å². The van der Waals surface area contributed by atoms with Crippen molar-refractivity contribution in [2.24, 2.45) is 0 Å². The predicted molar refractivity (Wildman–Crippen MR) is 121 cm³/mol. The number of rotatable bonds is 5. The van der Waals surface area contributed by atoms with Gasteiger partial charge in [0.1, 0.15) is 17.8 Å². The fourth-order valence-corrected chi connectivity index (χ4v) is 3.26. The molecule has 0 fully saturated rings. The third-order valence-electron chi connectivity index (χ3n) is 4.97. The Balaban J connectivity index is 1.37. The van der Waals surface area contributed by atoms with E-state index >= 15 is 0 Å². The van der Waals surface area contributed by atoms with Crippen molar-refractivity contribution >= 4 is 34.1 Å². The summed E-state index contributed by atoms with van der Waals surface area (Å²) in [7, 11) is 0. The number of aromatic amines is 1. The summed E-state index contributed by atoms with van der Waals surface area (Å²) in [5.74, 6) is 0.703. The van der Waals surface area contributed by atoms with Gasteiger partial charge >= 0.3 is 0 Å². The molecule has 0 unspecified atom stereocenters. The maximum atomic E-state index is 12.4. The van der Waals surface area contributed by atoms with Crippen LogP contribution in [0.5, 0.6) is 0 Å². The predicted octanol–water partition coefficient (Wildman–Crippen LogP) is 5.18. The van der Waals surface area contributed by atoms with Crippen LogP contribution in [0.15, 0.2) is 67.1 Å². The molecule has 2 heterocycles. The number of hydrogen-bond donors (Lipinski definition) is 3. The lowest BCUT2D eigenvalue weighted by molar-refractivity contribution is -0.115. The van der Waals surface area contributed by atoms with Crippen LogP contribution in [0, 0.1) is 0 Å². The first kappa shape index (κ1) is 19.6. The van der Waals surface area contributed by atoms with Gasteiger partial charge in [0.15, 0.2) is 0 Å². The van der Waals surface area contributed by atoms with Crippen LogP contribution in [0.1, 0.15) is 31.9 Å². The van der Waals surface area contributed by atoms with Gasteiger partial charge in [-0.25, -0.2) is 9.97 Å². The summed E-state index contributed by atoms with van der Waals surface area (Å²) in [6.07, 6.45) is 3.67. The van der Waals surface area contributed by atoms with Crippen molar-refractivity contribution < 1.29 is 4.79 Å². The fraction of sp³-hybridized carbons (Fsp3) is 0.208. The van der Waals surface area contributed by atoms with Crippen molar-refractivity contribution in [3.05, 3.63) is 78.2 Å². The van der Waals surface area contributed by atoms with Gasteiger partial charge in [0, 0.05) is 17.6 Å². The Kier molecular flexibility index (Phi) is 5.23. The normalized spacial score (nSPS) is 11.4. The molecular formula is C24H25N5O. The van der Waals surface area contributed by atoms with Crippen LogP contribution in [-0.2, 0) is 16.6 Å². The number of nitrogens with zero attached hydrogens (tertiary/aromatic N) is 2. The summed E-state index contributed by atoms with van der Waals surface area (Å²) >= 11 is 0. The highest BCUT2D eigenvalue weighted by Crippen LogP contribution is 2.24. The molecule has 2 aromatic carbocycles. The third kappa shape index (κ3) is 4.49. The van der Waals surface area contributed by atoms with Crippen molar-refractivity contribution in [3.63, 3.8) is 0 Å². The van der Waals surface area contributed by atoms with Crippen molar-refractivity contribution in [1.29, 1.82) is 0 Å². The standard InChI is InChI=1S/C24H25N5O/c1-24(2,3)17-6-10-18(11-7-17)28-21(30)14-16-4-8-19(9-5-16)29-23-20-12-13-25-22(20)26-15-27-23/h4-13,15H,14H2,1-3H3,(H,28,30)(H2,25,26,27,29). The Morgan fingerprint density at radius 3 is 2.33 bits per heavy atom. The van der Waals surface area contributed by atoms with E-state index in [0.29, 0.717) is 6.42 Å². The van der Waals surface area contributed by atoms with Gasteiger partial charge < -0.3 is 15.6 Å². The van der Waals surface area contributed by atoms with E-state index in [1.165, 1.54) is 11.9 Å². The molecule has 2 aromatic heterocycles. The monoisotopic (exact) mass is 399 g/mol. The van der Waals surface area contributed by atoms with Gasteiger partial charge in [0.2, 0.25) is 5.91 Å². The molecule has 0 saturated carbocycles. The quantitative estimate of drug-likeness (QED) is 0.432. The molecule has 3 N–H and O–H groups in total. The smallest absolute Gasteiger partial charge is 0.228 e. The maximum Gasteiger partial charge on any atom is 0.228 e. The number of carbonyl (C=O) groups is 1. The average Bonchev–Trinajstić information content (AvgIpc) is 3.19. The Hall–Kier alpha value is -3.67. The van der Waals surface area contributed by atoms with E-state index < -0.39 is 0 Å². The van der Waals surface area contributed by atoms with Crippen LogP contribution in [0.4, 0.5) is 17.2 Å². The van der Waals surface area contributed by atoms with Crippen LogP contribution in [-0.4, -0.2) is 20.9 Å². The van der Waals surface area contributed by atoms with Crippen LogP contribution in [0.2, 0.25) is 0 Å². The first-order valence-electron chi connectivity index (χ1n) is 9.93. The number of nitrogens with one attached hydrogen (secondary N) is 3. The Morgan fingerprint density at radius 2 is 1.63 bits per heavy atom. The zero-order valence-electron chi connectivity index (χ0n) is 17.4. The first-order valence-corrected chi connectivity index (χ1v) is 9.93. The summed E-state index contributed by atoms with van der Waals surface area (Å²) in [6, 6.07) is 17.7. The molecule has 6 nitrogen and oxygen atoms in total. The van der Waals surface area contributed by atoms with E-state index in [4.69, 9.17) is 0 Å². The number of benzene rings is 2. The van der Waals surface area contributed by atoms with Gasteiger partial charge in [-0.2, -0.15) is 0 Å². The van der Waals surface area contributed by atoms with Crippen molar-refractivity contribution in [2.75, 3.05) is 10.6 Å². The molecule has 152 valence electrons. The Labute approximate surface area is 175 Å². The highest BCUT2D eigenvalue weighted by atomic mass is 16.1. The topological polar surface area (TPSA) is 82.7 Å². The first-order chi connectivity index (χ1) is 14.4. The number of H-pyrrole nitrogens is 1. The number of carbonyl (C=O) groups excluding carboxylic acids is 1. The van der Waals surface area contributed by atoms with Crippen LogP contribution in [0.3, 0.4) is 0 Å². The van der Waals surface area contributed by atoms with E-state index in [0.717, 1.165) is 33.8 Å². The number of amides is 1. The summed E-state index contributed by atoms with van der Waals surface area (Å²) in [5, 5.41) is 7.19. The lowest BCUT2D eigenvalue weighted by Gasteiger charge is -2.19. The molecule has 0 bridgehead atoms. The second-order valence-electron chi connectivity index (χ2n) is 8.34. The second kappa shape index (κ2) is 7.99. The third-order valence-corrected chi connectivity index (χ3v) is 4.97. The van der Waals surface area contributed by atoms with E-state index in [1.807, 2.05) is 48.7 Å². The van der Waals surface area contributed by atoms with E-state index in [1.54, 1.807) is 0 Å². The molecular weight excluding hydrogens is 374 g/mol. The molecule has 30 heavy (non-hydrogen) atoms. The van der Waals surface area contributed by atoms with Gasteiger partial charge in [-0.1, -0.05) is 45.0 Å². The van der Waals surface area contributed by atoms with Gasteiger partial charge in [-0.05, 0) is 46.9 Å². The van der Waals surface area contributed by atoms with E-state index in [9.17, 15) is 4.79 Å². The molecule has 1 amide bonds. The molecule has 0 spiro atoms. The summed E-state index contributed by atoms with van der Waals surface area (Å²) in [5.41, 5.74) is 4.78. The zero-order valence-corrected chi connectivity index (χ0v) is 17.4. The minimum atomic E-state index is -0.0379. The molecule has 0 aliphatic heterocycles. The maximum absolute atomic E-state index is 12.4. The molecule has 0 saturated heterocycles.